The molecule has 430 valence electrons. The Morgan fingerprint density at radius 2 is 0.309 bits per heavy atom. The Bertz CT molecular complexity index is 5920. The topological polar surface area (TPSA) is 67.3 Å². The van der Waals surface area contributed by atoms with Gasteiger partial charge in [0.15, 0.2) is 0 Å². The fraction of sp³-hybridized carbons (Fsp3) is 0. The smallest absolute Gasteiger partial charge is 0.104 e. The molecule has 0 aliphatic rings. The summed E-state index contributed by atoms with van der Waals surface area (Å²) in [4.78, 5) is 0. The lowest BCUT2D eigenvalue weighted by Crippen LogP contribution is -2.16. The van der Waals surface area contributed by atoms with E-state index in [1.54, 1.807) is 0 Å². The van der Waals surface area contributed by atoms with Gasteiger partial charge in [-0.25, -0.2) is 0 Å². The third-order valence-electron chi connectivity index (χ3n) is 20.7. The highest BCUT2D eigenvalue weighted by molar-refractivity contribution is 6.34. The third kappa shape index (κ3) is 6.54. The molecule has 0 fully saturated rings. The van der Waals surface area contributed by atoms with Crippen molar-refractivity contribution in [2.24, 2.45) is 0 Å². The molecule has 0 bridgehead atoms. The largest absolute Gasteiger partial charge is 0.306 e. The molecule has 0 saturated heterocycles. The molecule has 0 aliphatic carbocycles. The molecule has 21 rings (SSSR count). The van der Waals surface area contributed by atoms with Crippen molar-refractivity contribution in [1.29, 1.82) is 10.5 Å². The number of fused-ring (bicyclic) bond motifs is 28. The lowest BCUT2D eigenvalue weighted by Gasteiger charge is -2.27. The number of benzene rings is 17. The van der Waals surface area contributed by atoms with E-state index in [1.165, 1.54) is 0 Å². The summed E-state index contributed by atoms with van der Waals surface area (Å²) in [5.74, 6) is 0. The highest BCUT2D eigenvalue weighted by atomic mass is 15.1. The van der Waals surface area contributed by atoms with E-state index in [0.29, 0.717) is 33.9 Å². The van der Waals surface area contributed by atoms with E-state index in [2.05, 4.69) is 322 Å². The Balaban J connectivity index is 1.10. The molecule has 17 aromatic carbocycles. The van der Waals surface area contributed by atoms with E-state index in [4.69, 9.17) is 0 Å². The van der Waals surface area contributed by atoms with Crippen molar-refractivity contribution in [2.45, 2.75) is 0 Å². The molecule has 0 saturated carbocycles. The average molecular weight is 1190 g/mol. The Labute approximate surface area is 536 Å². The number of rotatable bonds is 4. The summed E-state index contributed by atoms with van der Waals surface area (Å²) >= 11 is 0. The van der Waals surface area contributed by atoms with Gasteiger partial charge in [0.2, 0.25) is 0 Å². The van der Waals surface area contributed by atoms with Crippen LogP contribution in [0, 0.1) is 22.7 Å². The fourth-order valence-corrected chi connectivity index (χ4v) is 16.9. The van der Waals surface area contributed by atoms with Gasteiger partial charge < -0.3 is 18.3 Å². The zero-order valence-corrected chi connectivity index (χ0v) is 50.4. The normalized spacial score (nSPS) is 12.2. The fourth-order valence-electron chi connectivity index (χ4n) is 16.9. The zero-order chi connectivity index (χ0) is 61.6. The van der Waals surface area contributed by atoms with Crippen LogP contribution in [-0.4, -0.2) is 18.3 Å². The molecule has 4 aromatic heterocycles. The van der Waals surface area contributed by atoms with E-state index in [9.17, 15) is 10.5 Å². The average Bonchev–Trinajstić information content (AvgIpc) is 1.50. The van der Waals surface area contributed by atoms with Crippen LogP contribution < -0.4 is 0 Å². The molecule has 6 nitrogen and oxygen atoms in total. The summed E-state index contributed by atoms with van der Waals surface area (Å²) in [5.41, 5.74) is 10.5. The first-order valence-electron chi connectivity index (χ1n) is 32.0. The van der Waals surface area contributed by atoms with Gasteiger partial charge in [0.25, 0.3) is 0 Å². The second kappa shape index (κ2) is 18.8. The third-order valence-corrected chi connectivity index (χ3v) is 20.7. The molecule has 0 amide bonds. The van der Waals surface area contributed by atoms with Gasteiger partial charge in [0, 0.05) is 43.1 Å². The minimum Gasteiger partial charge on any atom is -0.306 e. The molecule has 0 spiro atoms. The van der Waals surface area contributed by atoms with Crippen LogP contribution in [0.2, 0.25) is 0 Å². The molecular formula is C88H48N6. The van der Waals surface area contributed by atoms with Crippen molar-refractivity contribution >= 4 is 173 Å². The van der Waals surface area contributed by atoms with Crippen LogP contribution in [0.1, 0.15) is 11.1 Å². The van der Waals surface area contributed by atoms with E-state index >= 15 is 0 Å². The van der Waals surface area contributed by atoms with E-state index in [-0.39, 0.29) is 0 Å². The van der Waals surface area contributed by atoms with Gasteiger partial charge in [-0.1, -0.05) is 243 Å². The maximum Gasteiger partial charge on any atom is 0.104 e. The molecule has 4 heterocycles. The van der Waals surface area contributed by atoms with Gasteiger partial charge in [0.1, 0.15) is 23.3 Å². The number of nitrogens with zero attached hydrogens (tertiary/aromatic N) is 6. The molecule has 0 radical (unpaired) electrons. The number of hydrogen-bond donors (Lipinski definition) is 0. The predicted octanol–water partition coefficient (Wildman–Crippen LogP) is 23.0. The number of nitriles is 2. The molecule has 6 heteroatoms. The number of hydrogen-bond acceptors (Lipinski definition) is 2. The summed E-state index contributed by atoms with van der Waals surface area (Å²) < 4.78 is 9.43. The summed E-state index contributed by atoms with van der Waals surface area (Å²) in [6.45, 7) is 0. The van der Waals surface area contributed by atoms with E-state index < -0.39 is 0 Å². The van der Waals surface area contributed by atoms with Crippen molar-refractivity contribution in [3.63, 3.8) is 0 Å². The summed E-state index contributed by atoms with van der Waals surface area (Å²) in [6.07, 6.45) is 0. The van der Waals surface area contributed by atoms with Gasteiger partial charge >= 0.3 is 0 Å². The van der Waals surface area contributed by atoms with Gasteiger partial charge in [-0.2, -0.15) is 10.5 Å². The van der Waals surface area contributed by atoms with Gasteiger partial charge in [-0.3, -0.25) is 0 Å². The lowest BCUT2D eigenvalue weighted by molar-refractivity contribution is 1.02. The second-order valence-electron chi connectivity index (χ2n) is 25.2. The van der Waals surface area contributed by atoms with Crippen molar-refractivity contribution in [1.82, 2.24) is 18.3 Å². The first kappa shape index (κ1) is 50.8. The molecular weight excluding hydrogens is 1140 g/mol. The van der Waals surface area contributed by atoms with Gasteiger partial charge in [-0.05, 0) is 135 Å². The zero-order valence-electron chi connectivity index (χ0n) is 50.4. The summed E-state index contributed by atoms with van der Waals surface area (Å²) in [7, 11) is 0. The van der Waals surface area contributed by atoms with Crippen LogP contribution in [0.5, 0.6) is 0 Å². The summed E-state index contributed by atoms with van der Waals surface area (Å²) in [5, 5.41) is 53.2. The Morgan fingerprint density at radius 3 is 0.447 bits per heavy atom. The maximum absolute atomic E-state index is 13.5. The van der Waals surface area contributed by atoms with E-state index in [1.807, 2.05) is 0 Å². The Morgan fingerprint density at radius 1 is 0.170 bits per heavy atom. The van der Waals surface area contributed by atoms with Gasteiger partial charge in [0.05, 0.1) is 66.9 Å². The first-order valence-corrected chi connectivity index (χ1v) is 32.0. The SMILES string of the molecule is N#Cc1c(-n2c3ccc4ccccc4c3c3c4ccccc4ccc32)c(-n2c3ccc4ccccc4c3c3c4ccccc4ccc32)c(C#N)c(-n2c3ccc4ccccc4c3c3c4ccccc4ccc32)c1-n1c2ccc3ccccc3c2c2c3ccccc3ccc21. The molecule has 0 N–H and O–H groups in total. The second-order valence-corrected chi connectivity index (χ2v) is 25.2. The molecule has 21 aromatic rings. The lowest BCUT2D eigenvalue weighted by atomic mass is 9.98. The monoisotopic (exact) mass is 1190 g/mol. The Kier molecular flexibility index (Phi) is 10.2. The van der Waals surface area contributed by atoms with Gasteiger partial charge in [-0.15, -0.1) is 0 Å². The minimum absolute atomic E-state index is 0.400. The van der Waals surface area contributed by atoms with Crippen molar-refractivity contribution in [3.05, 3.63) is 302 Å². The van der Waals surface area contributed by atoms with Crippen molar-refractivity contribution < 1.29 is 0 Å². The standard InChI is InChI=1S/C88H48N6/c89-49-67-85(91-69-41-33-51-17-1-9-25-59(51)77(69)78-60-26-10-2-18-52(60)34-42-70(78)91)86(92-71-43-35-53-19-3-11-27-61(53)79(71)80-62-28-12-4-20-54(62)36-44-72(80)92)68(50-90)88(94-75-47-39-57-23-7-15-31-65(57)83(75)84-66-32-16-8-24-58(66)40-48-76(84)94)87(67)93-73-45-37-55-21-5-13-29-63(55)81(73)82-64-30-14-6-22-56(64)38-46-74(82)93/h1-48H. The van der Waals surface area contributed by atoms with Crippen molar-refractivity contribution in [2.75, 3.05) is 0 Å². The molecule has 0 aliphatic heterocycles. The number of aromatic nitrogens is 4. The highest BCUT2D eigenvalue weighted by Gasteiger charge is 2.36. The molecule has 0 unspecified atom stereocenters. The van der Waals surface area contributed by atoms with E-state index in [0.717, 1.165) is 173 Å². The molecule has 94 heavy (non-hydrogen) atoms. The van der Waals surface area contributed by atoms with Crippen LogP contribution in [0.4, 0.5) is 0 Å². The van der Waals surface area contributed by atoms with Crippen LogP contribution in [-0.2, 0) is 0 Å². The minimum atomic E-state index is 0.400. The van der Waals surface area contributed by atoms with Crippen LogP contribution in [0.15, 0.2) is 291 Å². The quantitative estimate of drug-likeness (QED) is 0.176. The predicted molar refractivity (Wildman–Crippen MR) is 393 cm³/mol. The van der Waals surface area contributed by atoms with Crippen LogP contribution in [0.3, 0.4) is 0 Å². The maximum atomic E-state index is 13.5. The van der Waals surface area contributed by atoms with Crippen LogP contribution >= 0.6 is 0 Å². The first-order chi connectivity index (χ1) is 46.6. The van der Waals surface area contributed by atoms with Crippen LogP contribution in [0.25, 0.3) is 196 Å². The highest BCUT2D eigenvalue weighted by Crippen LogP contribution is 2.53. The summed E-state index contributed by atoms with van der Waals surface area (Å²) in [6, 6.07) is 111. The Hall–Kier alpha value is -13.0. The molecule has 0 atom stereocenters. The van der Waals surface area contributed by atoms with Crippen molar-refractivity contribution in [3.8, 4) is 34.9 Å².